The number of aliphatic hydroxyl groups is 1. The maximum Gasteiger partial charge on any atom is 0.530 e. The summed E-state index contributed by atoms with van der Waals surface area (Å²) in [7, 11) is -4.83. The summed E-state index contributed by atoms with van der Waals surface area (Å²) in [5.74, 6) is -1.03. The Bertz CT molecular complexity index is 626. The highest BCUT2D eigenvalue weighted by Crippen LogP contribution is 2.50. The monoisotopic (exact) mass is 454 g/mol. The first-order valence-corrected chi connectivity index (χ1v) is 11.8. The van der Waals surface area contributed by atoms with Gasteiger partial charge in [-0.15, -0.1) is 0 Å². The molecular formula is C19H35O10P. The van der Waals surface area contributed by atoms with E-state index in [4.69, 9.17) is 28.0 Å². The van der Waals surface area contributed by atoms with Gasteiger partial charge in [0.05, 0.1) is 43.7 Å². The zero-order valence-corrected chi connectivity index (χ0v) is 19.4. The molecule has 2 rings (SSSR count). The molecule has 2 N–H and O–H groups in total. The van der Waals surface area contributed by atoms with Gasteiger partial charge in [0, 0.05) is 12.8 Å². The minimum absolute atomic E-state index is 0.0440. The smallest absolute Gasteiger partial charge is 0.393 e. The van der Waals surface area contributed by atoms with Crippen LogP contribution < -0.4 is 0 Å². The van der Waals surface area contributed by atoms with Crippen molar-refractivity contribution in [2.24, 2.45) is 0 Å². The molecule has 0 saturated carbocycles. The van der Waals surface area contributed by atoms with E-state index in [1.807, 2.05) is 27.7 Å². The predicted molar refractivity (Wildman–Crippen MR) is 106 cm³/mol. The summed E-state index contributed by atoms with van der Waals surface area (Å²) in [5.41, 5.74) is -1.34. The zero-order chi connectivity index (χ0) is 22.7. The molecule has 10 nitrogen and oxygen atoms in total. The third kappa shape index (κ3) is 6.71. The minimum Gasteiger partial charge on any atom is -0.393 e. The summed E-state index contributed by atoms with van der Waals surface area (Å²) in [4.78, 5) is 22.8. The number of rotatable bonds is 10. The van der Waals surface area contributed by atoms with Gasteiger partial charge in [0.15, 0.2) is 6.10 Å². The molecule has 0 aliphatic carbocycles. The van der Waals surface area contributed by atoms with E-state index in [0.717, 1.165) is 0 Å². The van der Waals surface area contributed by atoms with Crippen molar-refractivity contribution >= 4 is 13.8 Å². The molecule has 0 spiro atoms. The minimum atomic E-state index is -4.83. The van der Waals surface area contributed by atoms with Crippen molar-refractivity contribution in [3.63, 3.8) is 0 Å². The van der Waals surface area contributed by atoms with E-state index in [1.54, 1.807) is 13.8 Å². The van der Waals surface area contributed by atoms with Gasteiger partial charge in [0.2, 0.25) is 0 Å². The van der Waals surface area contributed by atoms with Crippen LogP contribution in [0, 0.1) is 0 Å². The van der Waals surface area contributed by atoms with Crippen LogP contribution in [0.4, 0.5) is 0 Å². The van der Waals surface area contributed by atoms with Gasteiger partial charge in [-0.3, -0.25) is 9.42 Å². The Morgan fingerprint density at radius 2 is 1.83 bits per heavy atom. The van der Waals surface area contributed by atoms with Gasteiger partial charge in [-0.25, -0.2) is 9.36 Å². The van der Waals surface area contributed by atoms with Gasteiger partial charge in [0.1, 0.15) is 11.7 Å². The Balaban J connectivity index is 2.07. The van der Waals surface area contributed by atoms with E-state index in [9.17, 15) is 19.4 Å². The fraction of sp³-hybridized carbons (Fsp3) is 0.947. The summed E-state index contributed by atoms with van der Waals surface area (Å²) >= 11 is 0. The quantitative estimate of drug-likeness (QED) is 0.472. The van der Waals surface area contributed by atoms with Crippen LogP contribution in [0.3, 0.4) is 0 Å². The average molecular weight is 454 g/mol. The summed E-state index contributed by atoms with van der Waals surface area (Å²) in [5, 5.41) is 9.92. The number of phosphoric acid groups is 1. The first-order valence-electron chi connectivity index (χ1n) is 10.3. The molecule has 2 fully saturated rings. The Labute approximate surface area is 177 Å². The van der Waals surface area contributed by atoms with Gasteiger partial charge in [-0.1, -0.05) is 0 Å². The van der Waals surface area contributed by atoms with Crippen LogP contribution in [0.1, 0.15) is 54.4 Å². The molecule has 0 bridgehead atoms. The van der Waals surface area contributed by atoms with Gasteiger partial charge < -0.3 is 28.6 Å². The molecule has 0 aromatic carbocycles. The standard InChI is InChI=1S/C19H35O10P/c1-11(2)24-10-19(9-20)16(8-14(6)27-19)28-30(22,23)29-18(21)17-15(25-12(3)4)7-13(5)26-17/h11-17,20H,7-10H2,1-6H3,(H,22,23)/t13-,14-,15?,16?,17-,19+/m0/s1. The van der Waals surface area contributed by atoms with Crippen molar-refractivity contribution in [3.8, 4) is 0 Å². The Morgan fingerprint density at radius 3 is 2.40 bits per heavy atom. The highest BCUT2D eigenvalue weighted by molar-refractivity contribution is 7.48. The van der Waals surface area contributed by atoms with Crippen LogP contribution in [0.5, 0.6) is 0 Å². The van der Waals surface area contributed by atoms with Crippen molar-refractivity contribution in [3.05, 3.63) is 0 Å². The number of carbonyl (C=O) groups excluding carboxylic acids is 1. The van der Waals surface area contributed by atoms with Crippen LogP contribution in [0.15, 0.2) is 0 Å². The topological polar surface area (TPSA) is 130 Å². The van der Waals surface area contributed by atoms with Gasteiger partial charge in [0.25, 0.3) is 0 Å². The molecule has 2 saturated heterocycles. The van der Waals surface area contributed by atoms with Crippen LogP contribution >= 0.6 is 7.82 Å². The summed E-state index contributed by atoms with van der Waals surface area (Å²) in [6.07, 6.45) is -2.95. The molecule has 2 aliphatic heterocycles. The third-order valence-electron chi connectivity index (χ3n) is 4.92. The van der Waals surface area contributed by atoms with Gasteiger partial charge in [-0.2, -0.15) is 0 Å². The SMILES string of the molecule is CC(C)OC[C@@]1(CO)O[C@@H](C)CC1OP(=O)(O)OC(=O)[C@H]1O[C@@H](C)CC1OC(C)C. The maximum atomic E-state index is 12.6. The molecule has 7 atom stereocenters. The van der Waals surface area contributed by atoms with Crippen molar-refractivity contribution in [1.82, 2.24) is 0 Å². The molecule has 30 heavy (non-hydrogen) atoms. The summed E-state index contributed by atoms with van der Waals surface area (Å²) < 4.78 is 45.2. The van der Waals surface area contributed by atoms with E-state index in [1.165, 1.54) is 0 Å². The molecule has 0 aromatic heterocycles. The lowest BCUT2D eigenvalue weighted by molar-refractivity contribution is -0.160. The second kappa shape index (κ2) is 10.4. The summed E-state index contributed by atoms with van der Waals surface area (Å²) in [6, 6.07) is 0. The predicted octanol–water partition coefficient (Wildman–Crippen LogP) is 1.95. The Kier molecular flexibility index (Phi) is 8.87. The molecule has 2 heterocycles. The normalized spacial score (nSPS) is 36.4. The fourth-order valence-corrected chi connectivity index (χ4v) is 4.65. The second-order valence-electron chi connectivity index (χ2n) is 8.55. The van der Waals surface area contributed by atoms with Gasteiger partial charge >= 0.3 is 13.8 Å². The number of hydrogen-bond acceptors (Lipinski definition) is 9. The fourth-order valence-electron chi connectivity index (χ4n) is 3.68. The number of hydrogen-bond donors (Lipinski definition) is 2. The van der Waals surface area contributed by atoms with E-state index in [0.29, 0.717) is 6.42 Å². The second-order valence-corrected chi connectivity index (χ2v) is 9.88. The number of carbonyl (C=O) groups is 1. The molecule has 3 unspecified atom stereocenters. The average Bonchev–Trinajstić information content (AvgIpc) is 3.11. The lowest BCUT2D eigenvalue weighted by atomic mass is 9.98. The molecule has 2 aliphatic rings. The number of ether oxygens (including phenoxy) is 4. The van der Waals surface area contributed by atoms with Crippen molar-refractivity contribution in [2.75, 3.05) is 13.2 Å². The highest BCUT2D eigenvalue weighted by atomic mass is 31.2. The van der Waals surface area contributed by atoms with E-state index < -0.39 is 44.3 Å². The largest absolute Gasteiger partial charge is 0.530 e. The molecular weight excluding hydrogens is 419 g/mol. The van der Waals surface area contributed by atoms with Crippen LogP contribution in [0.2, 0.25) is 0 Å². The molecule has 0 amide bonds. The Hall–Kier alpha value is -0.580. The van der Waals surface area contributed by atoms with Crippen LogP contribution in [0.25, 0.3) is 0 Å². The highest BCUT2D eigenvalue weighted by Gasteiger charge is 2.52. The number of aliphatic hydroxyl groups excluding tert-OH is 1. The molecule has 0 aromatic rings. The molecule has 176 valence electrons. The van der Waals surface area contributed by atoms with Gasteiger partial charge in [-0.05, 0) is 41.5 Å². The van der Waals surface area contributed by atoms with Crippen LogP contribution in [-0.2, 0) is 37.4 Å². The van der Waals surface area contributed by atoms with Crippen LogP contribution in [-0.4, -0.2) is 77.5 Å². The molecule has 11 heteroatoms. The summed E-state index contributed by atoms with van der Waals surface area (Å²) in [6.45, 7) is 10.3. The van der Waals surface area contributed by atoms with Crippen molar-refractivity contribution in [2.45, 2.75) is 103 Å². The van der Waals surface area contributed by atoms with E-state index in [2.05, 4.69) is 0 Å². The van der Waals surface area contributed by atoms with E-state index in [-0.39, 0.29) is 37.4 Å². The first-order chi connectivity index (χ1) is 13.9. The number of phosphoric ester groups is 1. The lowest BCUT2D eigenvalue weighted by Crippen LogP contribution is -2.49. The zero-order valence-electron chi connectivity index (χ0n) is 18.5. The van der Waals surface area contributed by atoms with Crippen molar-refractivity contribution in [1.29, 1.82) is 0 Å². The lowest BCUT2D eigenvalue weighted by Gasteiger charge is -2.33. The maximum absolute atomic E-state index is 12.6. The Morgan fingerprint density at radius 1 is 1.17 bits per heavy atom. The molecule has 0 radical (unpaired) electrons. The van der Waals surface area contributed by atoms with E-state index >= 15 is 0 Å². The third-order valence-corrected chi connectivity index (χ3v) is 5.85. The first kappa shape index (κ1) is 25.7. The van der Waals surface area contributed by atoms with Crippen molar-refractivity contribution < 1.29 is 47.4 Å².